The molecule has 0 aliphatic rings. The van der Waals surface area contributed by atoms with Crippen LogP contribution in [0.2, 0.25) is 0 Å². The van der Waals surface area contributed by atoms with Crippen LogP contribution in [0.3, 0.4) is 0 Å². The zero-order valence-corrected chi connectivity index (χ0v) is 10.8. The average Bonchev–Trinajstić information content (AvgIpc) is 2.34. The maximum absolute atomic E-state index is 9.34. The van der Waals surface area contributed by atoms with Gasteiger partial charge in [-0.3, -0.25) is 0 Å². The number of hydrogen-bond acceptors (Lipinski definition) is 4. The molecule has 0 aliphatic heterocycles. The predicted octanol–water partition coefficient (Wildman–Crippen LogP) is 2.03. The summed E-state index contributed by atoms with van der Waals surface area (Å²) in [6.45, 7) is 1.77. The number of methoxy groups -OCH3 is 3. The van der Waals surface area contributed by atoms with E-state index >= 15 is 0 Å². The Balaban J connectivity index is 3.06. The zero-order chi connectivity index (χ0) is 12.8. The first-order chi connectivity index (χ1) is 8.12. The third-order valence-electron chi connectivity index (χ3n) is 2.63. The lowest BCUT2D eigenvalue weighted by atomic mass is 10.0. The fourth-order valence-electron chi connectivity index (χ4n) is 1.68. The van der Waals surface area contributed by atoms with E-state index in [1.165, 1.54) is 0 Å². The molecule has 0 saturated heterocycles. The van der Waals surface area contributed by atoms with Crippen molar-refractivity contribution in [1.29, 1.82) is 0 Å². The van der Waals surface area contributed by atoms with E-state index in [2.05, 4.69) is 0 Å². The Morgan fingerprint density at radius 3 is 1.94 bits per heavy atom. The number of ether oxygens (including phenoxy) is 3. The fourth-order valence-corrected chi connectivity index (χ4v) is 1.68. The molecule has 0 aliphatic carbocycles. The third-order valence-corrected chi connectivity index (χ3v) is 2.63. The number of aliphatic hydroxyl groups excluding tert-OH is 1. The van der Waals surface area contributed by atoms with E-state index in [0.717, 1.165) is 17.1 Å². The van der Waals surface area contributed by atoms with Crippen molar-refractivity contribution >= 4 is 0 Å². The molecule has 0 aromatic heterocycles. The summed E-state index contributed by atoms with van der Waals surface area (Å²) in [5, 5.41) is 9.34. The molecule has 17 heavy (non-hydrogen) atoms. The van der Waals surface area contributed by atoms with Gasteiger partial charge in [0.25, 0.3) is 0 Å². The van der Waals surface area contributed by atoms with Gasteiger partial charge in [-0.05, 0) is 19.8 Å². The minimum Gasteiger partial charge on any atom is -0.496 e. The molecular formula is C13H20O4. The summed E-state index contributed by atoms with van der Waals surface area (Å²) in [6.07, 6.45) is 1.03. The maximum atomic E-state index is 9.34. The van der Waals surface area contributed by atoms with Gasteiger partial charge in [-0.1, -0.05) is 0 Å². The monoisotopic (exact) mass is 240 g/mol. The van der Waals surface area contributed by atoms with Crippen molar-refractivity contribution in [1.82, 2.24) is 0 Å². The molecule has 96 valence electrons. The van der Waals surface area contributed by atoms with Gasteiger partial charge in [-0.2, -0.15) is 0 Å². The van der Waals surface area contributed by atoms with Crippen molar-refractivity contribution in [2.45, 2.75) is 25.9 Å². The van der Waals surface area contributed by atoms with Gasteiger partial charge < -0.3 is 19.3 Å². The van der Waals surface area contributed by atoms with Crippen molar-refractivity contribution in [3.05, 3.63) is 17.7 Å². The van der Waals surface area contributed by atoms with Crippen LogP contribution in [0.1, 0.15) is 18.9 Å². The number of rotatable bonds is 6. The van der Waals surface area contributed by atoms with E-state index in [9.17, 15) is 5.11 Å². The second kappa shape index (κ2) is 6.35. The highest BCUT2D eigenvalue weighted by Gasteiger charge is 2.13. The van der Waals surface area contributed by atoms with E-state index < -0.39 is 0 Å². The molecule has 0 heterocycles. The van der Waals surface area contributed by atoms with Crippen LogP contribution >= 0.6 is 0 Å². The van der Waals surface area contributed by atoms with Crippen LogP contribution in [0.15, 0.2) is 12.1 Å². The molecule has 0 saturated carbocycles. The van der Waals surface area contributed by atoms with Crippen LogP contribution < -0.4 is 14.2 Å². The van der Waals surface area contributed by atoms with Crippen LogP contribution in [-0.4, -0.2) is 32.5 Å². The average molecular weight is 240 g/mol. The number of aliphatic hydroxyl groups is 1. The Bertz CT molecular complexity index is 335. The van der Waals surface area contributed by atoms with Crippen LogP contribution in [0.25, 0.3) is 0 Å². The highest BCUT2D eigenvalue weighted by atomic mass is 16.5. The van der Waals surface area contributed by atoms with Gasteiger partial charge in [-0.25, -0.2) is 0 Å². The number of benzene rings is 1. The predicted molar refractivity (Wildman–Crippen MR) is 66.1 cm³/mol. The van der Waals surface area contributed by atoms with Gasteiger partial charge in [0.2, 0.25) is 0 Å². The van der Waals surface area contributed by atoms with Crippen molar-refractivity contribution in [3.8, 4) is 17.2 Å². The molecule has 1 aromatic carbocycles. The first-order valence-electron chi connectivity index (χ1n) is 5.59. The Morgan fingerprint density at radius 1 is 1.06 bits per heavy atom. The lowest BCUT2D eigenvalue weighted by Gasteiger charge is -2.15. The highest BCUT2D eigenvalue weighted by molar-refractivity contribution is 5.50. The molecule has 1 atom stereocenters. The summed E-state index contributed by atoms with van der Waals surface area (Å²) in [5.41, 5.74) is 0.955. The van der Waals surface area contributed by atoms with Crippen molar-refractivity contribution in [2.75, 3.05) is 21.3 Å². The van der Waals surface area contributed by atoms with Gasteiger partial charge in [0.1, 0.15) is 17.2 Å². The lowest BCUT2D eigenvalue weighted by molar-refractivity contribution is 0.184. The largest absolute Gasteiger partial charge is 0.496 e. The van der Waals surface area contributed by atoms with Gasteiger partial charge >= 0.3 is 0 Å². The summed E-state index contributed by atoms with van der Waals surface area (Å²) >= 11 is 0. The van der Waals surface area contributed by atoms with E-state index in [0.29, 0.717) is 18.6 Å². The minimum absolute atomic E-state index is 0.341. The molecule has 0 spiro atoms. The summed E-state index contributed by atoms with van der Waals surface area (Å²) in [7, 11) is 4.82. The standard InChI is InChI=1S/C13H20O4/c1-9(14)5-6-11-12(16-3)7-10(15-2)8-13(11)17-4/h7-9,14H,5-6H2,1-4H3/t9-/m1/s1. The van der Waals surface area contributed by atoms with Crippen LogP contribution in [0, 0.1) is 0 Å². The lowest BCUT2D eigenvalue weighted by Crippen LogP contribution is -2.04. The number of hydrogen-bond donors (Lipinski definition) is 1. The Hall–Kier alpha value is -1.42. The maximum Gasteiger partial charge on any atom is 0.129 e. The molecule has 1 rings (SSSR count). The van der Waals surface area contributed by atoms with E-state index in [1.54, 1.807) is 28.3 Å². The Kier molecular flexibility index (Phi) is 5.10. The molecule has 1 aromatic rings. The summed E-state index contributed by atoms with van der Waals surface area (Å²) < 4.78 is 15.8. The van der Waals surface area contributed by atoms with Crippen molar-refractivity contribution in [2.24, 2.45) is 0 Å². The summed E-state index contributed by atoms with van der Waals surface area (Å²) in [4.78, 5) is 0. The molecule has 0 unspecified atom stereocenters. The van der Waals surface area contributed by atoms with E-state index in [-0.39, 0.29) is 6.10 Å². The first-order valence-corrected chi connectivity index (χ1v) is 5.59. The molecule has 0 bridgehead atoms. The normalized spacial score (nSPS) is 12.1. The van der Waals surface area contributed by atoms with Crippen LogP contribution in [0.5, 0.6) is 17.2 Å². The topological polar surface area (TPSA) is 47.9 Å². The van der Waals surface area contributed by atoms with Gasteiger partial charge in [0.05, 0.1) is 27.4 Å². The van der Waals surface area contributed by atoms with E-state index in [1.807, 2.05) is 12.1 Å². The van der Waals surface area contributed by atoms with E-state index in [4.69, 9.17) is 14.2 Å². The Morgan fingerprint density at radius 2 is 1.59 bits per heavy atom. The van der Waals surface area contributed by atoms with Gasteiger partial charge in [0, 0.05) is 17.7 Å². The molecule has 0 radical (unpaired) electrons. The summed E-state index contributed by atoms with van der Waals surface area (Å²) in [5.74, 6) is 2.14. The second-order valence-corrected chi connectivity index (χ2v) is 3.90. The quantitative estimate of drug-likeness (QED) is 0.826. The second-order valence-electron chi connectivity index (χ2n) is 3.90. The van der Waals surface area contributed by atoms with Crippen LogP contribution in [0.4, 0.5) is 0 Å². The minimum atomic E-state index is -0.341. The molecule has 0 amide bonds. The van der Waals surface area contributed by atoms with Gasteiger partial charge in [0.15, 0.2) is 0 Å². The molecule has 4 heteroatoms. The smallest absolute Gasteiger partial charge is 0.129 e. The molecule has 0 fully saturated rings. The Labute approximate surface area is 102 Å². The highest BCUT2D eigenvalue weighted by Crippen LogP contribution is 2.34. The summed E-state index contributed by atoms with van der Waals surface area (Å²) in [6, 6.07) is 3.64. The molecule has 1 N–H and O–H groups in total. The SMILES string of the molecule is COc1cc(OC)c(CC[C@@H](C)O)c(OC)c1. The first kappa shape index (κ1) is 13.6. The van der Waals surface area contributed by atoms with Crippen LogP contribution in [-0.2, 0) is 6.42 Å². The fraction of sp³-hybridized carbons (Fsp3) is 0.538. The van der Waals surface area contributed by atoms with Crippen molar-refractivity contribution < 1.29 is 19.3 Å². The zero-order valence-electron chi connectivity index (χ0n) is 10.8. The van der Waals surface area contributed by atoms with Gasteiger partial charge in [-0.15, -0.1) is 0 Å². The molecular weight excluding hydrogens is 220 g/mol. The third kappa shape index (κ3) is 3.53. The molecule has 4 nitrogen and oxygen atoms in total. The van der Waals surface area contributed by atoms with Crippen molar-refractivity contribution in [3.63, 3.8) is 0 Å².